The van der Waals surface area contributed by atoms with Gasteiger partial charge in [-0.05, 0) is 63.2 Å². The molecule has 0 saturated heterocycles. The van der Waals surface area contributed by atoms with Crippen molar-refractivity contribution in [3.63, 3.8) is 0 Å². The van der Waals surface area contributed by atoms with E-state index in [-0.39, 0.29) is 0 Å². The van der Waals surface area contributed by atoms with E-state index in [1.165, 1.54) is 25.7 Å². The first-order chi connectivity index (χ1) is 9.99. The third-order valence-electron chi connectivity index (χ3n) is 6.69. The SMILES string of the molecule is CC[C@@H]1CC(=C(C)C)C1(C)C.CC[C@H]1CC(=C(C)C)C1(C)C. The Labute approximate surface area is 140 Å². The van der Waals surface area contributed by atoms with Crippen LogP contribution in [0.2, 0.25) is 0 Å². The molecule has 0 heteroatoms. The molecule has 2 aliphatic rings. The lowest BCUT2D eigenvalue weighted by atomic mass is 9.57. The molecule has 0 nitrogen and oxygen atoms in total. The van der Waals surface area contributed by atoms with Gasteiger partial charge in [-0.3, -0.25) is 0 Å². The van der Waals surface area contributed by atoms with Gasteiger partial charge in [-0.1, -0.05) is 76.7 Å². The zero-order chi connectivity index (χ0) is 17.3. The summed E-state index contributed by atoms with van der Waals surface area (Å²) in [6, 6.07) is 0. The maximum Gasteiger partial charge on any atom is -0.0111 e. The summed E-state index contributed by atoms with van der Waals surface area (Å²) in [5.74, 6) is 1.87. The molecular weight excluding hydrogens is 264 g/mol. The predicted octanol–water partition coefficient (Wildman–Crippen LogP) is 7.56. The molecule has 0 aromatic carbocycles. The minimum Gasteiger partial charge on any atom is -0.0767 e. The Hall–Kier alpha value is -0.520. The van der Waals surface area contributed by atoms with Crippen LogP contribution >= 0.6 is 0 Å². The van der Waals surface area contributed by atoms with E-state index in [0.29, 0.717) is 10.8 Å². The molecule has 0 aromatic heterocycles. The minimum atomic E-state index is 0.508. The van der Waals surface area contributed by atoms with Gasteiger partial charge < -0.3 is 0 Å². The van der Waals surface area contributed by atoms with Gasteiger partial charge in [0.2, 0.25) is 0 Å². The van der Waals surface area contributed by atoms with Crippen LogP contribution in [0.3, 0.4) is 0 Å². The van der Waals surface area contributed by atoms with Gasteiger partial charge in [0.1, 0.15) is 0 Å². The summed E-state index contributed by atoms with van der Waals surface area (Å²) in [6.07, 6.45) is 5.38. The molecule has 0 unspecified atom stereocenters. The highest BCUT2D eigenvalue weighted by Crippen LogP contribution is 2.54. The molecule has 0 N–H and O–H groups in total. The maximum atomic E-state index is 2.38. The molecule has 2 saturated carbocycles. The van der Waals surface area contributed by atoms with Gasteiger partial charge in [-0.15, -0.1) is 0 Å². The summed E-state index contributed by atoms with van der Waals surface area (Å²) >= 11 is 0. The first-order valence-corrected chi connectivity index (χ1v) is 9.33. The zero-order valence-corrected chi connectivity index (χ0v) is 17.0. The third-order valence-corrected chi connectivity index (χ3v) is 6.69. The smallest absolute Gasteiger partial charge is 0.0111 e. The highest BCUT2D eigenvalue weighted by atomic mass is 14.5. The van der Waals surface area contributed by atoms with E-state index < -0.39 is 0 Å². The average Bonchev–Trinajstić information content (AvgIpc) is 2.37. The fourth-order valence-electron chi connectivity index (χ4n) is 4.77. The van der Waals surface area contributed by atoms with Crippen LogP contribution in [0.4, 0.5) is 0 Å². The molecular formula is C22H40. The van der Waals surface area contributed by atoms with E-state index in [4.69, 9.17) is 0 Å². The van der Waals surface area contributed by atoms with E-state index >= 15 is 0 Å². The second-order valence-electron chi connectivity index (χ2n) is 9.02. The van der Waals surface area contributed by atoms with Crippen molar-refractivity contribution in [3.05, 3.63) is 22.3 Å². The molecule has 2 atom stereocenters. The lowest BCUT2D eigenvalue weighted by Gasteiger charge is -2.48. The van der Waals surface area contributed by atoms with E-state index in [0.717, 1.165) is 11.8 Å². The van der Waals surface area contributed by atoms with Crippen molar-refractivity contribution in [2.24, 2.45) is 22.7 Å². The fraction of sp³-hybridized carbons (Fsp3) is 0.818. The topological polar surface area (TPSA) is 0 Å². The summed E-state index contributed by atoms with van der Waals surface area (Å²) in [7, 11) is 0. The largest absolute Gasteiger partial charge is 0.0767 e. The molecule has 2 fully saturated rings. The number of hydrogen-bond acceptors (Lipinski definition) is 0. The van der Waals surface area contributed by atoms with E-state index in [2.05, 4.69) is 69.2 Å². The monoisotopic (exact) mass is 304 g/mol. The molecule has 0 amide bonds. The first kappa shape index (κ1) is 19.5. The van der Waals surface area contributed by atoms with Gasteiger partial charge in [-0.25, -0.2) is 0 Å². The molecule has 0 aromatic rings. The van der Waals surface area contributed by atoms with Crippen molar-refractivity contribution in [1.29, 1.82) is 0 Å². The van der Waals surface area contributed by atoms with Crippen molar-refractivity contribution in [1.82, 2.24) is 0 Å². The summed E-state index contributed by atoms with van der Waals surface area (Å²) in [5, 5.41) is 0. The van der Waals surface area contributed by atoms with Crippen molar-refractivity contribution >= 4 is 0 Å². The van der Waals surface area contributed by atoms with Crippen LogP contribution in [-0.4, -0.2) is 0 Å². The lowest BCUT2D eigenvalue weighted by Crippen LogP contribution is -2.37. The van der Waals surface area contributed by atoms with Crippen LogP contribution in [0.15, 0.2) is 22.3 Å². The highest BCUT2D eigenvalue weighted by Gasteiger charge is 2.42. The second kappa shape index (κ2) is 6.93. The Morgan fingerprint density at radius 3 is 1.14 bits per heavy atom. The van der Waals surface area contributed by atoms with Crippen LogP contribution in [0.25, 0.3) is 0 Å². The normalized spacial score (nSPS) is 28.1. The Morgan fingerprint density at radius 1 is 0.727 bits per heavy atom. The average molecular weight is 305 g/mol. The van der Waals surface area contributed by atoms with Gasteiger partial charge in [0.15, 0.2) is 0 Å². The molecule has 2 aliphatic carbocycles. The molecule has 0 heterocycles. The summed E-state index contributed by atoms with van der Waals surface area (Å²) in [5.41, 5.74) is 7.49. The second-order valence-corrected chi connectivity index (χ2v) is 9.02. The fourth-order valence-corrected chi connectivity index (χ4v) is 4.77. The van der Waals surface area contributed by atoms with Crippen molar-refractivity contribution < 1.29 is 0 Å². The Balaban J connectivity index is 0.000000220. The van der Waals surface area contributed by atoms with Gasteiger partial charge in [-0.2, -0.15) is 0 Å². The highest BCUT2D eigenvalue weighted by molar-refractivity contribution is 5.28. The minimum absolute atomic E-state index is 0.508. The van der Waals surface area contributed by atoms with E-state index in [9.17, 15) is 0 Å². The van der Waals surface area contributed by atoms with Crippen LogP contribution in [-0.2, 0) is 0 Å². The third kappa shape index (κ3) is 3.52. The maximum absolute atomic E-state index is 2.38. The number of rotatable bonds is 2. The Bertz CT molecular complexity index is 404. The van der Waals surface area contributed by atoms with Crippen molar-refractivity contribution in [2.45, 2.75) is 94.9 Å². The van der Waals surface area contributed by atoms with Crippen molar-refractivity contribution in [2.75, 3.05) is 0 Å². The molecule has 2 rings (SSSR count). The van der Waals surface area contributed by atoms with Crippen LogP contribution in [0.1, 0.15) is 94.9 Å². The van der Waals surface area contributed by atoms with E-state index in [1.54, 1.807) is 22.3 Å². The zero-order valence-electron chi connectivity index (χ0n) is 17.0. The summed E-state index contributed by atoms with van der Waals surface area (Å²) in [6.45, 7) is 23.1. The Morgan fingerprint density at radius 2 is 1.00 bits per heavy atom. The number of allylic oxidation sites excluding steroid dienone is 4. The quantitative estimate of drug-likeness (QED) is 0.462. The van der Waals surface area contributed by atoms with Gasteiger partial charge in [0, 0.05) is 0 Å². The number of hydrogen-bond donors (Lipinski definition) is 0. The van der Waals surface area contributed by atoms with Crippen molar-refractivity contribution in [3.8, 4) is 0 Å². The predicted molar refractivity (Wildman–Crippen MR) is 101 cm³/mol. The van der Waals surface area contributed by atoms with Crippen LogP contribution < -0.4 is 0 Å². The molecule has 128 valence electrons. The van der Waals surface area contributed by atoms with Crippen LogP contribution in [0.5, 0.6) is 0 Å². The molecule has 22 heavy (non-hydrogen) atoms. The van der Waals surface area contributed by atoms with E-state index in [1.807, 2.05) is 0 Å². The molecule has 0 radical (unpaired) electrons. The first-order valence-electron chi connectivity index (χ1n) is 9.33. The molecule has 0 bridgehead atoms. The summed E-state index contributed by atoms with van der Waals surface area (Å²) < 4.78 is 0. The van der Waals surface area contributed by atoms with Gasteiger partial charge >= 0.3 is 0 Å². The summed E-state index contributed by atoms with van der Waals surface area (Å²) in [4.78, 5) is 0. The van der Waals surface area contributed by atoms with Gasteiger partial charge in [0.25, 0.3) is 0 Å². The van der Waals surface area contributed by atoms with Crippen LogP contribution in [0, 0.1) is 22.7 Å². The Kier molecular flexibility index (Phi) is 6.15. The lowest BCUT2D eigenvalue weighted by molar-refractivity contribution is 0.158. The van der Waals surface area contributed by atoms with Gasteiger partial charge in [0.05, 0.1) is 0 Å². The molecule has 0 aliphatic heterocycles. The standard InChI is InChI=1S/2C11H20/c2*1-6-9-7-10(8(2)3)11(9,4)5/h2*9H,6-7H2,1-5H3/t2*9-/m10/s1. The molecule has 0 spiro atoms.